The number of hydrogen-bond acceptors (Lipinski definition) is 6. The summed E-state index contributed by atoms with van der Waals surface area (Å²) in [6.07, 6.45) is 3.86. The maximum atomic E-state index is 13.3. The monoisotopic (exact) mass is 449 g/mol. The molecular weight excluding hydrogens is 422 g/mol. The first-order valence-electron chi connectivity index (χ1n) is 11.2. The summed E-state index contributed by atoms with van der Waals surface area (Å²) in [7, 11) is 0. The van der Waals surface area contributed by atoms with Crippen molar-refractivity contribution in [1.29, 1.82) is 0 Å². The van der Waals surface area contributed by atoms with Gasteiger partial charge in [0.2, 0.25) is 0 Å². The first kappa shape index (κ1) is 22.4. The lowest BCUT2D eigenvalue weighted by Gasteiger charge is -2.28. The highest BCUT2D eigenvalue weighted by atomic mass is 16.5. The van der Waals surface area contributed by atoms with E-state index in [2.05, 4.69) is 10.2 Å². The number of rotatable bonds is 7. The van der Waals surface area contributed by atoms with Gasteiger partial charge in [-0.2, -0.15) is 0 Å². The standard InChI is InChI=1S/C25H27N3O5/c1-3-32-19-11-12-21(22(16-19)33-4-2)28-24(30)20(23(29)26-25(28)31)15-17-7-9-18(10-8-17)27-13-5-6-14-27/h7-12,15-16H,3-6,13-14H2,1-2H3,(H,26,29,31)/b20-15+. The van der Waals surface area contributed by atoms with Gasteiger partial charge in [-0.3, -0.25) is 14.9 Å². The van der Waals surface area contributed by atoms with Crippen LogP contribution in [0, 0.1) is 0 Å². The third kappa shape index (κ3) is 4.69. The van der Waals surface area contributed by atoms with Gasteiger partial charge in [0.15, 0.2) is 0 Å². The van der Waals surface area contributed by atoms with Gasteiger partial charge < -0.3 is 14.4 Å². The molecule has 2 fully saturated rings. The van der Waals surface area contributed by atoms with Gasteiger partial charge in [-0.25, -0.2) is 9.69 Å². The number of anilines is 2. The maximum Gasteiger partial charge on any atom is 0.336 e. The molecule has 2 heterocycles. The predicted octanol–water partition coefficient (Wildman–Crippen LogP) is 3.75. The number of amides is 4. The SMILES string of the molecule is CCOc1ccc(N2C(=O)NC(=O)/C(=C\c3ccc(N4CCCC4)cc3)C2=O)c(OCC)c1. The molecule has 8 nitrogen and oxygen atoms in total. The van der Waals surface area contributed by atoms with Crippen molar-refractivity contribution in [3.8, 4) is 11.5 Å². The van der Waals surface area contributed by atoms with Crippen molar-refractivity contribution in [2.45, 2.75) is 26.7 Å². The van der Waals surface area contributed by atoms with Crippen LogP contribution in [0.5, 0.6) is 11.5 Å². The minimum atomic E-state index is -0.823. The summed E-state index contributed by atoms with van der Waals surface area (Å²) in [5.41, 5.74) is 1.93. The molecule has 1 N–H and O–H groups in total. The Kier molecular flexibility index (Phi) is 6.63. The van der Waals surface area contributed by atoms with E-state index in [4.69, 9.17) is 9.47 Å². The van der Waals surface area contributed by atoms with Gasteiger partial charge in [0.05, 0.1) is 18.9 Å². The van der Waals surface area contributed by atoms with E-state index < -0.39 is 17.8 Å². The zero-order valence-corrected chi connectivity index (χ0v) is 18.8. The minimum absolute atomic E-state index is 0.125. The number of nitrogens with zero attached hydrogens (tertiary/aromatic N) is 2. The number of nitrogens with one attached hydrogen (secondary N) is 1. The van der Waals surface area contributed by atoms with Gasteiger partial charge in [0.25, 0.3) is 11.8 Å². The van der Waals surface area contributed by atoms with Crippen molar-refractivity contribution in [3.05, 3.63) is 53.6 Å². The van der Waals surface area contributed by atoms with Crippen molar-refractivity contribution in [2.75, 3.05) is 36.1 Å². The molecule has 8 heteroatoms. The summed E-state index contributed by atoms with van der Waals surface area (Å²) in [4.78, 5) is 41.6. The summed E-state index contributed by atoms with van der Waals surface area (Å²) >= 11 is 0. The van der Waals surface area contributed by atoms with Crippen molar-refractivity contribution >= 4 is 35.3 Å². The van der Waals surface area contributed by atoms with Crippen LogP contribution in [0.1, 0.15) is 32.3 Å². The van der Waals surface area contributed by atoms with Gasteiger partial charge >= 0.3 is 6.03 Å². The minimum Gasteiger partial charge on any atom is -0.494 e. The van der Waals surface area contributed by atoms with Gasteiger partial charge in [-0.05, 0) is 62.6 Å². The lowest BCUT2D eigenvalue weighted by Crippen LogP contribution is -2.54. The number of ether oxygens (including phenoxy) is 2. The van der Waals surface area contributed by atoms with E-state index >= 15 is 0 Å². The highest BCUT2D eigenvalue weighted by Crippen LogP contribution is 2.35. The predicted molar refractivity (Wildman–Crippen MR) is 126 cm³/mol. The van der Waals surface area contributed by atoms with E-state index in [1.165, 1.54) is 18.9 Å². The average Bonchev–Trinajstić information content (AvgIpc) is 3.34. The number of hydrogen-bond donors (Lipinski definition) is 1. The van der Waals surface area contributed by atoms with Crippen LogP contribution in [0.4, 0.5) is 16.2 Å². The largest absolute Gasteiger partial charge is 0.494 e. The fourth-order valence-corrected chi connectivity index (χ4v) is 4.01. The normalized spacial score (nSPS) is 17.5. The molecule has 0 aliphatic carbocycles. The molecule has 0 unspecified atom stereocenters. The Balaban J connectivity index is 1.64. The maximum absolute atomic E-state index is 13.3. The van der Waals surface area contributed by atoms with E-state index in [9.17, 15) is 14.4 Å². The highest BCUT2D eigenvalue weighted by molar-refractivity contribution is 6.39. The van der Waals surface area contributed by atoms with Crippen molar-refractivity contribution in [2.24, 2.45) is 0 Å². The van der Waals surface area contributed by atoms with E-state index in [-0.39, 0.29) is 11.3 Å². The van der Waals surface area contributed by atoms with Crippen molar-refractivity contribution in [3.63, 3.8) is 0 Å². The third-order valence-electron chi connectivity index (χ3n) is 5.56. The van der Waals surface area contributed by atoms with Gasteiger partial charge in [-0.15, -0.1) is 0 Å². The summed E-state index contributed by atoms with van der Waals surface area (Å²) in [6.45, 7) is 6.51. The van der Waals surface area contributed by atoms with Gasteiger partial charge in [-0.1, -0.05) is 12.1 Å². The first-order valence-corrected chi connectivity index (χ1v) is 11.2. The second-order valence-corrected chi connectivity index (χ2v) is 7.74. The van der Waals surface area contributed by atoms with Gasteiger partial charge in [0.1, 0.15) is 17.1 Å². The molecule has 4 rings (SSSR count). The lowest BCUT2D eigenvalue weighted by atomic mass is 10.1. The number of urea groups is 1. The van der Waals surface area contributed by atoms with Crippen molar-refractivity contribution in [1.82, 2.24) is 5.32 Å². The second-order valence-electron chi connectivity index (χ2n) is 7.74. The third-order valence-corrected chi connectivity index (χ3v) is 5.56. The highest BCUT2D eigenvalue weighted by Gasteiger charge is 2.38. The Morgan fingerprint density at radius 3 is 2.30 bits per heavy atom. The molecule has 0 aromatic heterocycles. The van der Waals surface area contributed by atoms with E-state index in [1.54, 1.807) is 25.1 Å². The Labute approximate surface area is 192 Å². The van der Waals surface area contributed by atoms with Crippen LogP contribution < -0.4 is 24.6 Å². The fourth-order valence-electron chi connectivity index (χ4n) is 4.01. The molecule has 2 aromatic rings. The number of benzene rings is 2. The number of carbonyl (C=O) groups excluding carboxylic acids is 3. The molecule has 2 aromatic carbocycles. The second kappa shape index (κ2) is 9.77. The molecular formula is C25H27N3O5. The molecule has 0 saturated carbocycles. The summed E-state index contributed by atoms with van der Waals surface area (Å²) in [5, 5.41) is 2.26. The molecule has 0 bridgehead atoms. The molecule has 0 radical (unpaired) electrons. The molecule has 2 aliphatic rings. The summed E-state index contributed by atoms with van der Waals surface area (Å²) in [6, 6.07) is 11.7. The quantitative estimate of drug-likeness (QED) is 0.512. The van der Waals surface area contributed by atoms with Crippen LogP contribution in [0.2, 0.25) is 0 Å². The number of barbiturate groups is 1. The summed E-state index contributed by atoms with van der Waals surface area (Å²) < 4.78 is 11.2. The smallest absolute Gasteiger partial charge is 0.336 e. The zero-order valence-electron chi connectivity index (χ0n) is 18.8. The Morgan fingerprint density at radius 1 is 0.939 bits per heavy atom. The van der Waals surface area contributed by atoms with Crippen LogP contribution in [0.25, 0.3) is 6.08 Å². The lowest BCUT2D eigenvalue weighted by molar-refractivity contribution is -0.122. The number of carbonyl (C=O) groups is 3. The van der Waals surface area contributed by atoms with Crippen LogP contribution in [0.15, 0.2) is 48.0 Å². The molecule has 2 saturated heterocycles. The number of imide groups is 2. The molecule has 33 heavy (non-hydrogen) atoms. The molecule has 0 atom stereocenters. The molecule has 0 spiro atoms. The van der Waals surface area contributed by atoms with E-state index in [0.717, 1.165) is 23.7 Å². The fraction of sp³-hybridized carbons (Fsp3) is 0.320. The van der Waals surface area contributed by atoms with Crippen LogP contribution in [-0.2, 0) is 9.59 Å². The molecule has 4 amide bonds. The van der Waals surface area contributed by atoms with Crippen LogP contribution >= 0.6 is 0 Å². The average molecular weight is 450 g/mol. The Hall–Kier alpha value is -3.81. The molecule has 2 aliphatic heterocycles. The molecule has 172 valence electrons. The first-order chi connectivity index (χ1) is 16.0. The van der Waals surface area contributed by atoms with E-state index in [1.807, 2.05) is 31.2 Å². The van der Waals surface area contributed by atoms with Crippen molar-refractivity contribution < 1.29 is 23.9 Å². The van der Waals surface area contributed by atoms with Gasteiger partial charge in [0, 0.05) is 24.8 Å². The zero-order chi connectivity index (χ0) is 23.4. The Morgan fingerprint density at radius 2 is 1.64 bits per heavy atom. The van der Waals surface area contributed by atoms with Crippen LogP contribution in [-0.4, -0.2) is 44.1 Å². The van der Waals surface area contributed by atoms with E-state index in [0.29, 0.717) is 30.3 Å². The summed E-state index contributed by atoms with van der Waals surface area (Å²) in [5.74, 6) is -0.568. The Bertz CT molecular complexity index is 1090. The van der Waals surface area contributed by atoms with Crippen LogP contribution in [0.3, 0.4) is 0 Å². The topological polar surface area (TPSA) is 88.2 Å².